The Bertz CT molecular complexity index is 1070. The van der Waals surface area contributed by atoms with Crippen molar-refractivity contribution < 1.29 is 4.74 Å². The molecule has 0 spiro atoms. The summed E-state index contributed by atoms with van der Waals surface area (Å²) in [6, 6.07) is 17.1. The first-order valence-corrected chi connectivity index (χ1v) is 8.03. The second kappa shape index (κ2) is 6.24. The summed E-state index contributed by atoms with van der Waals surface area (Å²) in [5.74, 6) is 1.28. The summed E-state index contributed by atoms with van der Waals surface area (Å²) in [6.45, 7) is 2.54. The third kappa shape index (κ3) is 2.78. The summed E-state index contributed by atoms with van der Waals surface area (Å²) < 4.78 is 7.12. The van der Waals surface area contributed by atoms with E-state index in [2.05, 4.69) is 15.1 Å². The predicted molar refractivity (Wildman–Crippen MR) is 96.1 cm³/mol. The Morgan fingerprint density at radius 2 is 1.84 bits per heavy atom. The lowest BCUT2D eigenvalue weighted by molar-refractivity contribution is 0.340. The highest BCUT2D eigenvalue weighted by atomic mass is 16.5. The van der Waals surface area contributed by atoms with Gasteiger partial charge in [-0.05, 0) is 43.3 Å². The van der Waals surface area contributed by atoms with E-state index < -0.39 is 0 Å². The van der Waals surface area contributed by atoms with E-state index in [9.17, 15) is 4.79 Å². The molecule has 2 heterocycles. The van der Waals surface area contributed by atoms with Gasteiger partial charge in [0, 0.05) is 5.56 Å². The monoisotopic (exact) mass is 332 g/mol. The van der Waals surface area contributed by atoms with E-state index >= 15 is 0 Å². The molecule has 0 aliphatic rings. The molecule has 2 aromatic heterocycles. The molecule has 1 N–H and O–H groups in total. The number of hydrogen-bond acceptors (Lipinski definition) is 4. The summed E-state index contributed by atoms with van der Waals surface area (Å²) in [6.07, 6.45) is 1.54. The maximum absolute atomic E-state index is 12.4. The number of nitrogens with zero attached hydrogens (tertiary/aromatic N) is 3. The lowest BCUT2D eigenvalue weighted by Crippen LogP contribution is -2.10. The second-order valence-corrected chi connectivity index (χ2v) is 5.50. The lowest BCUT2D eigenvalue weighted by Gasteiger charge is -2.06. The van der Waals surface area contributed by atoms with Crippen LogP contribution in [-0.4, -0.2) is 26.4 Å². The number of ether oxygens (including phenoxy) is 1. The summed E-state index contributed by atoms with van der Waals surface area (Å²) in [4.78, 5) is 19.9. The van der Waals surface area contributed by atoms with Gasteiger partial charge in [0.1, 0.15) is 17.0 Å². The standard InChI is InChI=1S/C19H16N4O2/c1-2-25-15-10-8-13(9-11-15)17-21-18-16(19(24)22-17)12-20-23(18)14-6-4-3-5-7-14/h3-12H,2H2,1H3,(H,21,22,24). The van der Waals surface area contributed by atoms with Crippen molar-refractivity contribution in [2.45, 2.75) is 6.92 Å². The fraction of sp³-hybridized carbons (Fsp3) is 0.105. The Morgan fingerprint density at radius 1 is 1.08 bits per heavy atom. The van der Waals surface area contributed by atoms with E-state index in [1.54, 1.807) is 4.68 Å². The molecule has 0 saturated carbocycles. The van der Waals surface area contributed by atoms with Crippen molar-refractivity contribution in [3.63, 3.8) is 0 Å². The molecule has 0 aliphatic carbocycles. The van der Waals surface area contributed by atoms with Crippen LogP contribution in [0.5, 0.6) is 5.75 Å². The molecule has 6 nitrogen and oxygen atoms in total. The number of aromatic amines is 1. The minimum absolute atomic E-state index is 0.212. The minimum atomic E-state index is -0.212. The fourth-order valence-corrected chi connectivity index (χ4v) is 2.69. The lowest BCUT2D eigenvalue weighted by atomic mass is 10.2. The van der Waals surface area contributed by atoms with Crippen molar-refractivity contribution in [3.8, 4) is 22.8 Å². The molecule has 0 aliphatic heterocycles. The highest BCUT2D eigenvalue weighted by molar-refractivity contribution is 5.77. The molecular formula is C19H16N4O2. The molecule has 25 heavy (non-hydrogen) atoms. The van der Waals surface area contributed by atoms with Crippen LogP contribution in [0.15, 0.2) is 65.6 Å². The number of H-pyrrole nitrogens is 1. The smallest absolute Gasteiger partial charge is 0.262 e. The van der Waals surface area contributed by atoms with Gasteiger partial charge >= 0.3 is 0 Å². The third-order valence-corrected chi connectivity index (χ3v) is 3.88. The number of aromatic nitrogens is 4. The second-order valence-electron chi connectivity index (χ2n) is 5.50. The van der Waals surface area contributed by atoms with Crippen LogP contribution in [0.2, 0.25) is 0 Å². The van der Waals surface area contributed by atoms with Crippen LogP contribution in [0.1, 0.15) is 6.92 Å². The van der Waals surface area contributed by atoms with Crippen molar-refractivity contribution in [2.75, 3.05) is 6.61 Å². The Balaban J connectivity index is 1.84. The van der Waals surface area contributed by atoms with Gasteiger partial charge in [-0.2, -0.15) is 5.10 Å². The number of benzene rings is 2. The molecule has 0 atom stereocenters. The first-order chi connectivity index (χ1) is 12.3. The first kappa shape index (κ1) is 15.1. The molecule has 0 unspecified atom stereocenters. The topological polar surface area (TPSA) is 72.8 Å². The van der Waals surface area contributed by atoms with Gasteiger partial charge in [0.25, 0.3) is 5.56 Å². The molecule has 4 rings (SSSR count). The zero-order valence-corrected chi connectivity index (χ0v) is 13.6. The summed E-state index contributed by atoms with van der Waals surface area (Å²) in [7, 11) is 0. The highest BCUT2D eigenvalue weighted by Crippen LogP contribution is 2.21. The van der Waals surface area contributed by atoms with Crippen molar-refractivity contribution in [2.24, 2.45) is 0 Å². The Kier molecular flexibility index (Phi) is 3.78. The molecule has 4 aromatic rings. The molecule has 0 bridgehead atoms. The van der Waals surface area contributed by atoms with Crippen molar-refractivity contribution >= 4 is 11.0 Å². The van der Waals surface area contributed by atoms with E-state index in [1.807, 2.05) is 61.5 Å². The highest BCUT2D eigenvalue weighted by Gasteiger charge is 2.12. The van der Waals surface area contributed by atoms with Gasteiger partial charge in [-0.15, -0.1) is 0 Å². The fourth-order valence-electron chi connectivity index (χ4n) is 2.69. The van der Waals surface area contributed by atoms with Gasteiger partial charge in [0.2, 0.25) is 0 Å². The van der Waals surface area contributed by atoms with Gasteiger partial charge in [-0.25, -0.2) is 9.67 Å². The van der Waals surface area contributed by atoms with Gasteiger partial charge in [-0.3, -0.25) is 4.79 Å². The number of hydrogen-bond donors (Lipinski definition) is 1. The quantitative estimate of drug-likeness (QED) is 0.623. The molecule has 124 valence electrons. The van der Waals surface area contributed by atoms with E-state index in [0.29, 0.717) is 23.5 Å². The molecular weight excluding hydrogens is 316 g/mol. The zero-order valence-electron chi connectivity index (χ0n) is 13.6. The van der Waals surface area contributed by atoms with Gasteiger partial charge < -0.3 is 9.72 Å². The van der Waals surface area contributed by atoms with Crippen LogP contribution < -0.4 is 10.3 Å². The van der Waals surface area contributed by atoms with E-state index in [-0.39, 0.29) is 5.56 Å². The van der Waals surface area contributed by atoms with Crippen LogP contribution in [0.3, 0.4) is 0 Å². The molecule has 0 radical (unpaired) electrons. The summed E-state index contributed by atoms with van der Waals surface area (Å²) in [5.41, 5.74) is 1.98. The van der Waals surface area contributed by atoms with Crippen molar-refractivity contribution in [3.05, 3.63) is 71.1 Å². The minimum Gasteiger partial charge on any atom is -0.494 e. The average Bonchev–Trinajstić information content (AvgIpc) is 3.08. The molecule has 0 amide bonds. The molecule has 6 heteroatoms. The van der Waals surface area contributed by atoms with E-state index in [1.165, 1.54) is 6.20 Å². The largest absolute Gasteiger partial charge is 0.494 e. The van der Waals surface area contributed by atoms with Crippen molar-refractivity contribution in [1.29, 1.82) is 0 Å². The first-order valence-electron chi connectivity index (χ1n) is 8.03. The number of para-hydroxylation sites is 1. The normalized spacial score (nSPS) is 10.9. The Labute approximate surface area is 143 Å². The van der Waals surface area contributed by atoms with Crippen LogP contribution in [0, 0.1) is 0 Å². The van der Waals surface area contributed by atoms with Crippen LogP contribution >= 0.6 is 0 Å². The number of rotatable bonds is 4. The maximum Gasteiger partial charge on any atom is 0.262 e. The Hall–Kier alpha value is -3.41. The van der Waals surface area contributed by atoms with Gasteiger partial charge in [-0.1, -0.05) is 18.2 Å². The van der Waals surface area contributed by atoms with Crippen LogP contribution in [0.25, 0.3) is 28.1 Å². The molecule has 0 saturated heterocycles. The molecule has 2 aromatic carbocycles. The van der Waals surface area contributed by atoms with Crippen LogP contribution in [-0.2, 0) is 0 Å². The summed E-state index contributed by atoms with van der Waals surface area (Å²) in [5, 5.41) is 4.77. The maximum atomic E-state index is 12.4. The number of nitrogens with one attached hydrogen (secondary N) is 1. The SMILES string of the molecule is CCOc1ccc(-c2nc3c(cnn3-c3ccccc3)c(=O)[nH]2)cc1. The Morgan fingerprint density at radius 3 is 2.56 bits per heavy atom. The summed E-state index contributed by atoms with van der Waals surface area (Å²) >= 11 is 0. The van der Waals surface area contributed by atoms with Gasteiger partial charge in [0.15, 0.2) is 5.65 Å². The molecule has 0 fully saturated rings. The van der Waals surface area contributed by atoms with E-state index in [4.69, 9.17) is 4.74 Å². The number of fused-ring (bicyclic) bond motifs is 1. The average molecular weight is 332 g/mol. The predicted octanol–water partition coefficient (Wildman–Crippen LogP) is 3.17. The van der Waals surface area contributed by atoms with Crippen molar-refractivity contribution in [1.82, 2.24) is 19.7 Å². The van der Waals surface area contributed by atoms with E-state index in [0.717, 1.165) is 17.0 Å². The van der Waals surface area contributed by atoms with Crippen LogP contribution in [0.4, 0.5) is 0 Å². The van der Waals surface area contributed by atoms with Gasteiger partial charge in [0.05, 0.1) is 18.5 Å². The third-order valence-electron chi connectivity index (χ3n) is 3.88. The zero-order chi connectivity index (χ0) is 17.2.